The van der Waals surface area contributed by atoms with E-state index in [1.165, 1.54) is 11.1 Å². The first-order chi connectivity index (χ1) is 8.64. The average Bonchev–Trinajstić information content (AvgIpc) is 2.51. The van der Waals surface area contributed by atoms with E-state index in [1.807, 2.05) is 0 Å². The molecule has 1 aliphatic heterocycles. The lowest BCUT2D eigenvalue weighted by molar-refractivity contribution is 0.00578. The highest BCUT2D eigenvalue weighted by Crippen LogP contribution is 2.40. The smallest absolute Gasteiger partial charge is 0.399 e. The Labute approximate surface area is 117 Å². The lowest BCUT2D eigenvalue weighted by atomic mass is 9.75. The molecule has 102 valence electrons. The summed E-state index contributed by atoms with van der Waals surface area (Å²) in [6, 6.07) is 6.33. The molecule has 3 heteroatoms. The van der Waals surface area contributed by atoms with Gasteiger partial charge in [-0.1, -0.05) is 24.8 Å². The third kappa shape index (κ3) is 2.50. The molecule has 0 aromatic heterocycles. The third-order valence-corrected chi connectivity index (χ3v) is 4.42. The van der Waals surface area contributed by atoms with Crippen molar-refractivity contribution >= 4 is 12.6 Å². The fourth-order valence-electron chi connectivity index (χ4n) is 2.06. The SMILES string of the molecule is C=C(B1OC(C)(C)C(C)(C)O1)c1ccc(C)c(C)c1. The zero-order chi connectivity index (χ0) is 14.4. The van der Waals surface area contributed by atoms with Crippen molar-refractivity contribution in [3.8, 4) is 0 Å². The molecule has 1 saturated heterocycles. The lowest BCUT2D eigenvalue weighted by Crippen LogP contribution is -2.41. The quantitative estimate of drug-likeness (QED) is 0.748. The van der Waals surface area contributed by atoms with Crippen molar-refractivity contribution in [1.29, 1.82) is 0 Å². The first-order valence-corrected chi connectivity index (χ1v) is 6.76. The first kappa shape index (κ1) is 14.4. The second kappa shape index (κ2) is 4.50. The van der Waals surface area contributed by atoms with Crippen molar-refractivity contribution < 1.29 is 9.31 Å². The number of benzene rings is 1. The monoisotopic (exact) mass is 258 g/mol. The van der Waals surface area contributed by atoms with Crippen LogP contribution in [0.4, 0.5) is 0 Å². The Morgan fingerprint density at radius 3 is 2.00 bits per heavy atom. The van der Waals surface area contributed by atoms with Crippen molar-refractivity contribution in [1.82, 2.24) is 0 Å². The number of hydrogen-bond donors (Lipinski definition) is 0. The molecule has 1 aliphatic rings. The van der Waals surface area contributed by atoms with Crippen LogP contribution in [-0.2, 0) is 9.31 Å². The molecule has 1 fully saturated rings. The summed E-state index contributed by atoms with van der Waals surface area (Å²) in [5.41, 5.74) is 3.88. The molecule has 2 rings (SSSR count). The Balaban J connectivity index is 2.24. The molecule has 0 aliphatic carbocycles. The number of aryl methyl sites for hydroxylation is 2. The zero-order valence-corrected chi connectivity index (χ0v) is 12.8. The summed E-state index contributed by atoms with van der Waals surface area (Å²) < 4.78 is 12.1. The van der Waals surface area contributed by atoms with Crippen LogP contribution in [0.25, 0.3) is 5.47 Å². The van der Waals surface area contributed by atoms with Crippen LogP contribution in [-0.4, -0.2) is 18.3 Å². The molecule has 0 spiro atoms. The molecule has 0 saturated carbocycles. The Morgan fingerprint density at radius 1 is 1.00 bits per heavy atom. The Morgan fingerprint density at radius 2 is 1.53 bits per heavy atom. The first-order valence-electron chi connectivity index (χ1n) is 6.76. The van der Waals surface area contributed by atoms with E-state index < -0.39 is 0 Å². The third-order valence-electron chi connectivity index (χ3n) is 4.42. The minimum atomic E-state index is -0.368. The van der Waals surface area contributed by atoms with Crippen LogP contribution in [0.2, 0.25) is 0 Å². The van der Waals surface area contributed by atoms with Crippen LogP contribution >= 0.6 is 0 Å². The van der Waals surface area contributed by atoms with Gasteiger partial charge >= 0.3 is 7.12 Å². The average molecular weight is 258 g/mol. The van der Waals surface area contributed by atoms with Crippen molar-refractivity contribution in [3.05, 3.63) is 41.5 Å². The van der Waals surface area contributed by atoms with E-state index in [9.17, 15) is 0 Å². The van der Waals surface area contributed by atoms with E-state index in [1.54, 1.807) is 0 Å². The van der Waals surface area contributed by atoms with Crippen LogP contribution in [0.3, 0.4) is 0 Å². The summed E-state index contributed by atoms with van der Waals surface area (Å²) in [6.07, 6.45) is 0. The van der Waals surface area contributed by atoms with Gasteiger partial charge in [-0.15, -0.1) is 0 Å². The Bertz CT molecular complexity index is 501. The van der Waals surface area contributed by atoms with Gasteiger partial charge < -0.3 is 9.31 Å². The largest absolute Gasteiger partial charge is 0.494 e. The summed E-state index contributed by atoms with van der Waals surface area (Å²) in [7, 11) is -0.368. The van der Waals surface area contributed by atoms with E-state index in [2.05, 4.69) is 66.3 Å². The van der Waals surface area contributed by atoms with Crippen LogP contribution in [0, 0.1) is 13.8 Å². The van der Waals surface area contributed by atoms with E-state index in [4.69, 9.17) is 9.31 Å². The van der Waals surface area contributed by atoms with Gasteiger partial charge in [0.15, 0.2) is 0 Å². The Hall–Kier alpha value is -1.06. The maximum Gasteiger partial charge on any atom is 0.494 e. The van der Waals surface area contributed by atoms with Crippen molar-refractivity contribution in [2.75, 3.05) is 0 Å². The molecule has 0 N–H and O–H groups in total. The van der Waals surface area contributed by atoms with Gasteiger partial charge in [-0.3, -0.25) is 0 Å². The van der Waals surface area contributed by atoms with Gasteiger partial charge in [0, 0.05) is 0 Å². The number of rotatable bonds is 2. The second-order valence-electron chi connectivity index (χ2n) is 6.41. The molecular formula is C16H23BO2. The van der Waals surface area contributed by atoms with Crippen molar-refractivity contribution in [3.63, 3.8) is 0 Å². The topological polar surface area (TPSA) is 18.5 Å². The number of hydrogen-bond acceptors (Lipinski definition) is 2. The van der Waals surface area contributed by atoms with E-state index in [-0.39, 0.29) is 18.3 Å². The lowest BCUT2D eigenvalue weighted by Gasteiger charge is -2.32. The molecule has 1 aromatic rings. The highest BCUT2D eigenvalue weighted by molar-refractivity contribution is 6.68. The van der Waals surface area contributed by atoms with E-state index >= 15 is 0 Å². The van der Waals surface area contributed by atoms with Gasteiger partial charge in [-0.25, -0.2) is 0 Å². The van der Waals surface area contributed by atoms with Crippen LogP contribution in [0.5, 0.6) is 0 Å². The Kier molecular flexibility index (Phi) is 3.40. The minimum absolute atomic E-state index is 0.319. The molecule has 1 aromatic carbocycles. The van der Waals surface area contributed by atoms with E-state index in [0.29, 0.717) is 0 Å². The predicted octanol–water partition coefficient (Wildman–Crippen LogP) is 3.95. The summed E-state index contributed by atoms with van der Waals surface area (Å²) in [6.45, 7) is 16.6. The minimum Gasteiger partial charge on any atom is -0.399 e. The van der Waals surface area contributed by atoms with Gasteiger partial charge in [0.1, 0.15) is 0 Å². The molecule has 1 heterocycles. The highest BCUT2D eigenvalue weighted by Gasteiger charge is 2.52. The maximum atomic E-state index is 6.03. The molecule has 0 unspecified atom stereocenters. The molecular weight excluding hydrogens is 235 g/mol. The summed E-state index contributed by atoms with van der Waals surface area (Å²) >= 11 is 0. The molecule has 0 amide bonds. The van der Waals surface area contributed by atoms with Crippen molar-refractivity contribution in [2.45, 2.75) is 52.7 Å². The standard InChI is InChI=1S/C16H23BO2/c1-11-8-9-14(10-12(11)2)13(3)17-18-15(4,5)16(6,7)19-17/h8-10H,3H2,1-2,4-7H3. The molecule has 0 bridgehead atoms. The summed E-state index contributed by atoms with van der Waals surface area (Å²) in [5, 5.41) is 0. The highest BCUT2D eigenvalue weighted by atomic mass is 16.7. The molecule has 19 heavy (non-hydrogen) atoms. The molecule has 0 radical (unpaired) electrons. The van der Waals surface area contributed by atoms with Gasteiger partial charge in [0.25, 0.3) is 0 Å². The molecule has 0 atom stereocenters. The second-order valence-corrected chi connectivity index (χ2v) is 6.41. The van der Waals surface area contributed by atoms with Crippen molar-refractivity contribution in [2.24, 2.45) is 0 Å². The van der Waals surface area contributed by atoms with Crippen LogP contribution in [0.15, 0.2) is 24.8 Å². The van der Waals surface area contributed by atoms with Gasteiger partial charge in [0.05, 0.1) is 11.2 Å². The fourth-order valence-corrected chi connectivity index (χ4v) is 2.06. The van der Waals surface area contributed by atoms with Gasteiger partial charge in [0.2, 0.25) is 0 Å². The van der Waals surface area contributed by atoms with E-state index in [0.717, 1.165) is 11.0 Å². The maximum absolute atomic E-state index is 6.03. The fraction of sp³-hybridized carbons (Fsp3) is 0.500. The summed E-state index contributed by atoms with van der Waals surface area (Å²) in [5.74, 6) is 0. The summed E-state index contributed by atoms with van der Waals surface area (Å²) in [4.78, 5) is 0. The molecule has 2 nitrogen and oxygen atoms in total. The van der Waals surface area contributed by atoms with Crippen LogP contribution in [0.1, 0.15) is 44.4 Å². The van der Waals surface area contributed by atoms with Gasteiger partial charge in [-0.2, -0.15) is 0 Å². The predicted molar refractivity (Wildman–Crippen MR) is 81.0 cm³/mol. The normalized spacial score (nSPS) is 20.6. The van der Waals surface area contributed by atoms with Crippen LogP contribution < -0.4 is 0 Å². The zero-order valence-electron chi connectivity index (χ0n) is 12.8. The van der Waals surface area contributed by atoms with Gasteiger partial charge in [-0.05, 0) is 63.7 Å².